The third-order valence-electron chi connectivity index (χ3n) is 3.04. The van der Waals surface area contributed by atoms with E-state index in [0.29, 0.717) is 5.75 Å². The summed E-state index contributed by atoms with van der Waals surface area (Å²) >= 11 is 3.02. The third-order valence-corrected chi connectivity index (χ3v) is 3.65. The van der Waals surface area contributed by atoms with Crippen molar-refractivity contribution in [1.29, 1.82) is 0 Å². The van der Waals surface area contributed by atoms with Crippen molar-refractivity contribution in [2.75, 3.05) is 6.61 Å². The molecule has 0 spiro atoms. The second kappa shape index (κ2) is 8.25. The SMILES string of the molecule is Cc1cccc(OCC(=O)NN=Cc2cc([N+](=O)[O-])cc(Br)c2O)c1. The number of carbonyl (C=O) groups excluding carboxylic acids is 1. The maximum absolute atomic E-state index is 11.7. The smallest absolute Gasteiger partial charge is 0.277 e. The van der Waals surface area contributed by atoms with E-state index < -0.39 is 10.8 Å². The highest BCUT2D eigenvalue weighted by Crippen LogP contribution is 2.31. The molecule has 0 saturated carbocycles. The fourth-order valence-corrected chi connectivity index (χ4v) is 2.33. The number of nitrogens with one attached hydrogen (secondary N) is 1. The van der Waals surface area contributed by atoms with Gasteiger partial charge in [-0.25, -0.2) is 5.43 Å². The summed E-state index contributed by atoms with van der Waals surface area (Å²) in [7, 11) is 0. The molecule has 2 aromatic rings. The fraction of sp³-hybridized carbons (Fsp3) is 0.125. The highest BCUT2D eigenvalue weighted by molar-refractivity contribution is 9.10. The minimum Gasteiger partial charge on any atom is -0.506 e. The van der Waals surface area contributed by atoms with Crippen molar-refractivity contribution in [2.45, 2.75) is 6.92 Å². The number of hydrazone groups is 1. The highest BCUT2D eigenvalue weighted by Gasteiger charge is 2.13. The molecule has 2 N–H and O–H groups in total. The number of rotatable bonds is 6. The number of hydrogen-bond acceptors (Lipinski definition) is 6. The van der Waals surface area contributed by atoms with Gasteiger partial charge in [-0.3, -0.25) is 14.9 Å². The molecule has 0 aliphatic rings. The van der Waals surface area contributed by atoms with Crippen molar-refractivity contribution in [2.24, 2.45) is 5.10 Å². The summed E-state index contributed by atoms with van der Waals surface area (Å²) in [4.78, 5) is 21.9. The Morgan fingerprint density at radius 1 is 1.44 bits per heavy atom. The van der Waals surface area contributed by atoms with Crippen molar-refractivity contribution in [3.05, 3.63) is 62.1 Å². The zero-order chi connectivity index (χ0) is 18.4. The van der Waals surface area contributed by atoms with Crippen molar-refractivity contribution in [3.8, 4) is 11.5 Å². The topological polar surface area (TPSA) is 114 Å². The van der Waals surface area contributed by atoms with E-state index in [1.54, 1.807) is 12.1 Å². The molecule has 0 aliphatic heterocycles. The van der Waals surface area contributed by atoms with Gasteiger partial charge in [0.05, 0.1) is 15.6 Å². The molecule has 8 nitrogen and oxygen atoms in total. The number of amides is 1. The molecule has 0 saturated heterocycles. The van der Waals surface area contributed by atoms with E-state index >= 15 is 0 Å². The Morgan fingerprint density at radius 2 is 2.20 bits per heavy atom. The molecule has 0 unspecified atom stereocenters. The van der Waals surface area contributed by atoms with Crippen LogP contribution in [0, 0.1) is 17.0 Å². The quantitative estimate of drug-likeness (QED) is 0.434. The molecule has 0 fully saturated rings. The van der Waals surface area contributed by atoms with Crippen LogP contribution in [0.5, 0.6) is 11.5 Å². The van der Waals surface area contributed by atoms with E-state index in [9.17, 15) is 20.0 Å². The van der Waals surface area contributed by atoms with Crippen LogP contribution in [0.4, 0.5) is 5.69 Å². The number of aryl methyl sites for hydroxylation is 1. The van der Waals surface area contributed by atoms with E-state index in [2.05, 4.69) is 26.5 Å². The lowest BCUT2D eigenvalue weighted by Crippen LogP contribution is -2.24. The van der Waals surface area contributed by atoms with Crippen molar-refractivity contribution in [1.82, 2.24) is 5.43 Å². The minimum atomic E-state index is -0.601. The number of aromatic hydroxyl groups is 1. The Balaban J connectivity index is 1.96. The molecule has 0 aliphatic carbocycles. The molecular weight excluding hydrogens is 394 g/mol. The average Bonchev–Trinajstić information content (AvgIpc) is 2.56. The van der Waals surface area contributed by atoms with E-state index in [1.807, 2.05) is 19.1 Å². The molecule has 0 heterocycles. The lowest BCUT2D eigenvalue weighted by molar-refractivity contribution is -0.385. The molecule has 130 valence electrons. The Kier molecular flexibility index (Phi) is 6.07. The molecule has 0 aromatic heterocycles. The predicted octanol–water partition coefficient (Wildman–Crippen LogP) is 2.90. The number of phenolic OH excluding ortho intramolecular Hbond substituents is 1. The number of phenols is 1. The summed E-state index contributed by atoms with van der Waals surface area (Å²) in [5.41, 5.74) is 3.09. The number of nitro benzene ring substituents is 1. The second-order valence-electron chi connectivity index (χ2n) is 5.02. The summed E-state index contributed by atoms with van der Waals surface area (Å²) in [5.74, 6) is -0.180. The number of halogens is 1. The second-order valence-corrected chi connectivity index (χ2v) is 5.88. The first kappa shape index (κ1) is 18.4. The standard InChI is InChI=1S/C16H14BrN3O5/c1-10-3-2-4-13(5-10)25-9-15(21)19-18-8-11-6-12(20(23)24)7-14(17)16(11)22/h2-8,22H,9H2,1H3,(H,19,21). The van der Waals surface area contributed by atoms with Gasteiger partial charge in [0.2, 0.25) is 0 Å². The van der Waals surface area contributed by atoms with Crippen LogP contribution in [0.2, 0.25) is 0 Å². The molecule has 25 heavy (non-hydrogen) atoms. The molecule has 0 atom stereocenters. The minimum absolute atomic E-state index is 0.0842. The highest BCUT2D eigenvalue weighted by atomic mass is 79.9. The number of carbonyl (C=O) groups is 1. The van der Waals surface area contributed by atoms with Crippen molar-refractivity contribution < 1.29 is 19.6 Å². The zero-order valence-electron chi connectivity index (χ0n) is 13.1. The predicted molar refractivity (Wildman–Crippen MR) is 94.9 cm³/mol. The van der Waals surface area contributed by atoms with Crippen LogP contribution in [0.1, 0.15) is 11.1 Å². The Bertz CT molecular complexity index is 839. The summed E-state index contributed by atoms with van der Waals surface area (Å²) < 4.78 is 5.46. The van der Waals surface area contributed by atoms with E-state index in [-0.39, 0.29) is 28.1 Å². The first-order valence-electron chi connectivity index (χ1n) is 7.05. The molecule has 1 amide bonds. The zero-order valence-corrected chi connectivity index (χ0v) is 14.7. The van der Waals surface area contributed by atoms with Gasteiger partial charge < -0.3 is 9.84 Å². The lowest BCUT2D eigenvalue weighted by atomic mass is 10.2. The average molecular weight is 408 g/mol. The van der Waals surface area contributed by atoms with Crippen LogP contribution < -0.4 is 10.2 Å². The number of hydrogen-bond donors (Lipinski definition) is 2. The van der Waals surface area contributed by atoms with E-state index in [4.69, 9.17) is 4.74 Å². The maximum Gasteiger partial charge on any atom is 0.277 e. The molecule has 2 aromatic carbocycles. The molecule has 9 heteroatoms. The van der Waals surface area contributed by atoms with Crippen LogP contribution >= 0.6 is 15.9 Å². The van der Waals surface area contributed by atoms with E-state index in [0.717, 1.165) is 17.8 Å². The maximum atomic E-state index is 11.7. The van der Waals surface area contributed by atoms with Gasteiger partial charge in [0.15, 0.2) is 6.61 Å². The lowest BCUT2D eigenvalue weighted by Gasteiger charge is -2.05. The summed E-state index contributed by atoms with van der Waals surface area (Å²) in [6, 6.07) is 9.53. The van der Waals surface area contributed by atoms with Gasteiger partial charge in [-0.15, -0.1) is 0 Å². The normalized spacial score (nSPS) is 10.6. The van der Waals surface area contributed by atoms with Crippen LogP contribution in [-0.4, -0.2) is 28.8 Å². The molecule has 0 bridgehead atoms. The molecule has 0 radical (unpaired) electrons. The van der Waals surface area contributed by atoms with Gasteiger partial charge >= 0.3 is 0 Å². The number of ether oxygens (including phenoxy) is 1. The number of nitrogens with zero attached hydrogens (tertiary/aromatic N) is 2. The molecular formula is C16H14BrN3O5. The van der Waals surface area contributed by atoms with Crippen LogP contribution in [0.25, 0.3) is 0 Å². The van der Waals surface area contributed by atoms with Crippen LogP contribution in [-0.2, 0) is 4.79 Å². The van der Waals surface area contributed by atoms with Gasteiger partial charge in [0.25, 0.3) is 11.6 Å². The Morgan fingerprint density at radius 3 is 2.88 bits per heavy atom. The Labute approximate surface area is 151 Å². The monoisotopic (exact) mass is 407 g/mol. The number of benzene rings is 2. The Hall–Kier alpha value is -2.94. The first-order chi connectivity index (χ1) is 11.9. The first-order valence-corrected chi connectivity index (χ1v) is 7.84. The van der Waals surface area contributed by atoms with Crippen LogP contribution in [0.3, 0.4) is 0 Å². The third kappa shape index (κ3) is 5.28. The van der Waals surface area contributed by atoms with Gasteiger partial charge in [0.1, 0.15) is 11.5 Å². The van der Waals surface area contributed by atoms with Crippen LogP contribution in [0.15, 0.2) is 46.0 Å². The number of nitro groups is 1. The van der Waals surface area contributed by atoms with Gasteiger partial charge in [0, 0.05) is 17.7 Å². The van der Waals surface area contributed by atoms with Crippen molar-refractivity contribution >= 4 is 33.7 Å². The largest absolute Gasteiger partial charge is 0.506 e. The van der Waals surface area contributed by atoms with Crippen molar-refractivity contribution in [3.63, 3.8) is 0 Å². The summed E-state index contributed by atoms with van der Waals surface area (Å²) in [5, 5.41) is 24.3. The summed E-state index contributed by atoms with van der Waals surface area (Å²) in [6.07, 6.45) is 1.11. The van der Waals surface area contributed by atoms with E-state index in [1.165, 1.54) is 6.07 Å². The number of non-ortho nitro benzene ring substituents is 1. The van der Waals surface area contributed by atoms with Gasteiger partial charge in [-0.2, -0.15) is 5.10 Å². The molecule has 2 rings (SSSR count). The van der Waals surface area contributed by atoms with Gasteiger partial charge in [-0.05, 0) is 40.5 Å². The fourth-order valence-electron chi connectivity index (χ4n) is 1.87. The van der Waals surface area contributed by atoms with Gasteiger partial charge in [-0.1, -0.05) is 12.1 Å². The summed E-state index contributed by atoms with van der Waals surface area (Å²) in [6.45, 7) is 1.66.